The molecule has 0 aromatic heterocycles. The molecule has 0 aliphatic carbocycles. The molecule has 3 nitrogen and oxygen atoms in total. The minimum atomic E-state index is -2.92. The number of nitrogens with one attached hydrogen (secondary N) is 2. The largest absolute Gasteiger partial charge is 0.354 e. The van der Waals surface area contributed by atoms with Gasteiger partial charge in [0.25, 0.3) is 5.92 Å². The van der Waals surface area contributed by atoms with Crippen LogP contribution in [0, 0.1) is 0 Å². The minimum Gasteiger partial charge on any atom is -0.354 e. The standard InChI is InChI=1S/C14H20F2N2O/c1-11(2)18-13(19)8-9-17-10-14(15,16)12-6-4-3-5-7-12/h3-7,11,17H,8-10H2,1-2H3,(H,18,19). The van der Waals surface area contributed by atoms with Gasteiger partial charge < -0.3 is 10.6 Å². The molecule has 0 atom stereocenters. The van der Waals surface area contributed by atoms with Crippen molar-refractivity contribution in [3.8, 4) is 0 Å². The van der Waals surface area contributed by atoms with Crippen LogP contribution in [-0.2, 0) is 10.7 Å². The highest BCUT2D eigenvalue weighted by Crippen LogP contribution is 2.26. The van der Waals surface area contributed by atoms with E-state index in [-0.39, 0.29) is 30.5 Å². The molecule has 5 heteroatoms. The summed E-state index contributed by atoms with van der Waals surface area (Å²) < 4.78 is 27.5. The molecule has 0 fully saturated rings. The van der Waals surface area contributed by atoms with E-state index in [0.717, 1.165) is 0 Å². The normalized spacial score (nSPS) is 11.6. The first-order valence-corrected chi connectivity index (χ1v) is 6.35. The summed E-state index contributed by atoms with van der Waals surface area (Å²) in [6.07, 6.45) is 0.197. The van der Waals surface area contributed by atoms with Gasteiger partial charge in [0.05, 0.1) is 6.54 Å². The van der Waals surface area contributed by atoms with E-state index >= 15 is 0 Å². The summed E-state index contributed by atoms with van der Waals surface area (Å²) in [5.41, 5.74) is -0.0193. The molecule has 1 aromatic rings. The molecule has 1 amide bonds. The van der Waals surface area contributed by atoms with Crippen LogP contribution in [0.4, 0.5) is 8.78 Å². The topological polar surface area (TPSA) is 41.1 Å². The number of rotatable bonds is 7. The predicted octanol–water partition coefficient (Wildman–Crippen LogP) is 2.28. The molecule has 0 heterocycles. The van der Waals surface area contributed by atoms with Crippen LogP contribution in [0.1, 0.15) is 25.8 Å². The van der Waals surface area contributed by atoms with Crippen molar-refractivity contribution < 1.29 is 13.6 Å². The van der Waals surface area contributed by atoms with Gasteiger partial charge in [0.1, 0.15) is 0 Å². The Labute approximate surface area is 112 Å². The van der Waals surface area contributed by atoms with Gasteiger partial charge >= 0.3 is 0 Å². The van der Waals surface area contributed by atoms with Gasteiger partial charge in [-0.25, -0.2) is 0 Å². The second-order valence-electron chi connectivity index (χ2n) is 4.72. The van der Waals surface area contributed by atoms with Crippen molar-refractivity contribution in [3.63, 3.8) is 0 Å². The van der Waals surface area contributed by atoms with Crippen molar-refractivity contribution in [1.29, 1.82) is 0 Å². The van der Waals surface area contributed by atoms with Crippen molar-refractivity contribution in [1.82, 2.24) is 10.6 Å². The van der Waals surface area contributed by atoms with E-state index in [0.29, 0.717) is 0 Å². The van der Waals surface area contributed by atoms with E-state index in [1.54, 1.807) is 18.2 Å². The highest BCUT2D eigenvalue weighted by molar-refractivity contribution is 5.76. The molecule has 0 unspecified atom stereocenters. The van der Waals surface area contributed by atoms with Crippen molar-refractivity contribution in [3.05, 3.63) is 35.9 Å². The predicted molar refractivity (Wildman–Crippen MR) is 71.1 cm³/mol. The third-order valence-electron chi connectivity index (χ3n) is 2.52. The van der Waals surface area contributed by atoms with Crippen LogP contribution >= 0.6 is 0 Å². The molecular formula is C14H20F2N2O. The fraction of sp³-hybridized carbons (Fsp3) is 0.500. The van der Waals surface area contributed by atoms with Gasteiger partial charge in [0.15, 0.2) is 0 Å². The molecule has 0 aliphatic heterocycles. The number of benzene rings is 1. The van der Waals surface area contributed by atoms with Gasteiger partial charge in [0, 0.05) is 24.6 Å². The Kier molecular flexibility index (Phi) is 5.89. The maximum Gasteiger partial charge on any atom is 0.285 e. The van der Waals surface area contributed by atoms with Crippen LogP contribution in [0.25, 0.3) is 0 Å². The lowest BCUT2D eigenvalue weighted by molar-refractivity contribution is -0.121. The zero-order chi connectivity index (χ0) is 14.3. The molecule has 0 spiro atoms. The fourth-order valence-electron chi connectivity index (χ4n) is 1.63. The van der Waals surface area contributed by atoms with Gasteiger partial charge in [-0.3, -0.25) is 4.79 Å². The summed E-state index contributed by atoms with van der Waals surface area (Å²) >= 11 is 0. The van der Waals surface area contributed by atoms with Gasteiger partial charge in [-0.1, -0.05) is 30.3 Å². The molecule has 2 N–H and O–H groups in total. The quantitative estimate of drug-likeness (QED) is 0.746. The van der Waals surface area contributed by atoms with Gasteiger partial charge in [-0.2, -0.15) is 8.78 Å². The number of hydrogen-bond acceptors (Lipinski definition) is 2. The Morgan fingerprint density at radius 1 is 1.26 bits per heavy atom. The summed E-state index contributed by atoms with van der Waals surface area (Å²) in [6, 6.07) is 7.72. The lowest BCUT2D eigenvalue weighted by atomic mass is 10.1. The minimum absolute atomic E-state index is 0.0193. The van der Waals surface area contributed by atoms with E-state index < -0.39 is 12.5 Å². The van der Waals surface area contributed by atoms with Crippen LogP contribution in [0.3, 0.4) is 0 Å². The van der Waals surface area contributed by atoms with Gasteiger partial charge in [0.2, 0.25) is 5.91 Å². The zero-order valence-corrected chi connectivity index (χ0v) is 11.2. The van der Waals surface area contributed by atoms with E-state index in [1.807, 2.05) is 13.8 Å². The van der Waals surface area contributed by atoms with Gasteiger partial charge in [-0.15, -0.1) is 0 Å². The third-order valence-corrected chi connectivity index (χ3v) is 2.52. The maximum atomic E-state index is 13.7. The Balaban J connectivity index is 2.31. The molecule has 0 aliphatic rings. The lowest BCUT2D eigenvalue weighted by Crippen LogP contribution is -2.35. The average molecular weight is 270 g/mol. The van der Waals surface area contributed by atoms with E-state index in [9.17, 15) is 13.6 Å². The maximum absolute atomic E-state index is 13.7. The average Bonchev–Trinajstić information content (AvgIpc) is 2.35. The van der Waals surface area contributed by atoms with E-state index in [2.05, 4.69) is 10.6 Å². The van der Waals surface area contributed by atoms with Crippen LogP contribution in [0.15, 0.2) is 30.3 Å². The van der Waals surface area contributed by atoms with Crippen LogP contribution in [-0.4, -0.2) is 25.0 Å². The number of carbonyl (C=O) groups is 1. The zero-order valence-electron chi connectivity index (χ0n) is 11.2. The van der Waals surface area contributed by atoms with Crippen molar-refractivity contribution in [2.24, 2.45) is 0 Å². The van der Waals surface area contributed by atoms with Crippen molar-refractivity contribution in [2.45, 2.75) is 32.2 Å². The molecule has 0 saturated heterocycles. The first-order chi connectivity index (χ1) is 8.92. The summed E-state index contributed by atoms with van der Waals surface area (Å²) in [5.74, 6) is -3.05. The molecule has 0 saturated carbocycles. The number of carbonyl (C=O) groups excluding carboxylic acids is 1. The first kappa shape index (κ1) is 15.6. The highest BCUT2D eigenvalue weighted by Gasteiger charge is 2.30. The first-order valence-electron chi connectivity index (χ1n) is 6.35. The van der Waals surface area contributed by atoms with E-state index in [1.165, 1.54) is 12.1 Å². The van der Waals surface area contributed by atoms with E-state index in [4.69, 9.17) is 0 Å². The second kappa shape index (κ2) is 7.19. The van der Waals surface area contributed by atoms with Crippen LogP contribution in [0.5, 0.6) is 0 Å². The molecule has 1 aromatic carbocycles. The fourth-order valence-corrected chi connectivity index (χ4v) is 1.63. The van der Waals surface area contributed by atoms with Crippen molar-refractivity contribution in [2.75, 3.05) is 13.1 Å². The molecule has 19 heavy (non-hydrogen) atoms. The number of halogens is 2. The van der Waals surface area contributed by atoms with Crippen molar-refractivity contribution >= 4 is 5.91 Å². The summed E-state index contributed by atoms with van der Waals surface area (Å²) in [5, 5.41) is 5.32. The molecule has 0 radical (unpaired) electrons. The Hall–Kier alpha value is -1.49. The molecular weight excluding hydrogens is 250 g/mol. The summed E-state index contributed by atoms with van der Waals surface area (Å²) in [7, 11) is 0. The number of hydrogen-bond donors (Lipinski definition) is 2. The van der Waals surface area contributed by atoms with Crippen LogP contribution < -0.4 is 10.6 Å². The molecule has 0 bridgehead atoms. The number of alkyl halides is 2. The Morgan fingerprint density at radius 3 is 2.47 bits per heavy atom. The highest BCUT2D eigenvalue weighted by atomic mass is 19.3. The lowest BCUT2D eigenvalue weighted by Gasteiger charge is -2.17. The summed E-state index contributed by atoms with van der Waals surface area (Å²) in [6.45, 7) is 3.48. The monoisotopic (exact) mass is 270 g/mol. The third kappa shape index (κ3) is 5.79. The van der Waals surface area contributed by atoms with Gasteiger partial charge in [-0.05, 0) is 13.8 Å². The SMILES string of the molecule is CC(C)NC(=O)CCNCC(F)(F)c1ccccc1. The molecule has 106 valence electrons. The summed E-state index contributed by atoms with van der Waals surface area (Å²) in [4.78, 5) is 11.3. The second-order valence-corrected chi connectivity index (χ2v) is 4.72. The van der Waals surface area contributed by atoms with Crippen LogP contribution in [0.2, 0.25) is 0 Å². The molecule has 1 rings (SSSR count). The number of amides is 1. The smallest absolute Gasteiger partial charge is 0.285 e. The Morgan fingerprint density at radius 2 is 1.89 bits per heavy atom. The Bertz CT molecular complexity index is 394.